The minimum absolute atomic E-state index is 7.77. The summed E-state index contributed by atoms with van der Waals surface area (Å²) in [6.45, 7) is 0. The maximum atomic E-state index is 13.7. The molecule has 0 fully saturated rings. The fourth-order valence-electron chi connectivity index (χ4n) is 1.69. The van der Waals surface area contributed by atoms with Crippen LogP contribution < -0.4 is 0 Å². The van der Waals surface area contributed by atoms with Gasteiger partial charge < -0.3 is 0 Å². The number of halogens is 17. The summed E-state index contributed by atoms with van der Waals surface area (Å²) in [7, 11) is -8.28. The van der Waals surface area contributed by atoms with Crippen molar-refractivity contribution >= 4 is 10.1 Å². The van der Waals surface area contributed by atoms with E-state index in [1.165, 1.54) is 0 Å². The van der Waals surface area contributed by atoms with E-state index in [0.717, 1.165) is 0 Å². The van der Waals surface area contributed by atoms with E-state index in [1.807, 2.05) is 0 Å². The molecular weight excluding hydrogens is 499 g/mol. The molecule has 0 amide bonds. The van der Waals surface area contributed by atoms with Gasteiger partial charge in [0.25, 0.3) is 0 Å². The summed E-state index contributed by atoms with van der Waals surface area (Å²) in [5, 5.41) is -8.33. The molecule has 0 aromatic carbocycles. The summed E-state index contributed by atoms with van der Waals surface area (Å²) in [5.74, 6) is -18.0. The van der Waals surface area contributed by atoms with Crippen molar-refractivity contribution in [1.29, 1.82) is 0 Å². The van der Waals surface area contributed by atoms with Crippen molar-refractivity contribution in [1.82, 2.24) is 0 Å². The van der Waals surface area contributed by atoms with Gasteiger partial charge in [0, 0.05) is 0 Å². The summed E-state index contributed by atoms with van der Waals surface area (Å²) >= 11 is 0. The predicted molar refractivity (Wildman–Crippen MR) is 52.2 cm³/mol. The molecule has 0 aromatic rings. The van der Waals surface area contributed by atoms with Crippen molar-refractivity contribution < 1.29 is 87.6 Å². The molecule has 176 valence electrons. The van der Waals surface area contributed by atoms with E-state index >= 15 is 0 Å². The van der Waals surface area contributed by atoms with Crippen LogP contribution in [0.15, 0.2) is 0 Å². The van der Waals surface area contributed by atoms with Crippen molar-refractivity contribution in [3.8, 4) is 0 Å². The van der Waals surface area contributed by atoms with Gasteiger partial charge in [-0.15, -0.1) is 0 Å². The summed E-state index contributed by atoms with van der Waals surface area (Å²) in [6, 6.07) is 0. The molecule has 0 spiro atoms. The van der Waals surface area contributed by atoms with Gasteiger partial charge in [-0.1, -0.05) is 0 Å². The van der Waals surface area contributed by atoms with E-state index in [-0.39, 0.29) is 0 Å². The zero-order valence-corrected chi connectivity index (χ0v) is 12.9. The van der Waals surface area contributed by atoms with Crippen molar-refractivity contribution in [2.24, 2.45) is 0 Å². The molecule has 0 radical (unpaired) electrons. The first-order chi connectivity index (χ1) is 12.0. The molecule has 21 heteroatoms. The van der Waals surface area contributed by atoms with E-state index in [4.69, 9.17) is 4.55 Å². The van der Waals surface area contributed by atoms with Crippen molar-refractivity contribution in [2.75, 3.05) is 0 Å². The molecule has 0 rings (SSSR count). The summed E-state index contributed by atoms with van der Waals surface area (Å²) < 4.78 is 245. The van der Waals surface area contributed by atoms with Gasteiger partial charge in [-0.25, -0.2) is 8.78 Å². The van der Waals surface area contributed by atoms with Crippen molar-refractivity contribution in [3.05, 3.63) is 0 Å². The van der Waals surface area contributed by atoms with Crippen LogP contribution in [0.3, 0.4) is 0 Å². The first-order valence-electron chi connectivity index (χ1n) is 5.68. The van der Waals surface area contributed by atoms with Gasteiger partial charge in [0.2, 0.25) is 0 Å². The van der Waals surface area contributed by atoms with E-state index in [1.54, 1.807) is 0 Å². The first-order valence-corrected chi connectivity index (χ1v) is 7.12. The Morgan fingerprint density at radius 1 is 0.448 bits per heavy atom. The molecule has 29 heavy (non-hydrogen) atoms. The Morgan fingerprint density at radius 3 is 0.897 bits per heavy atom. The molecule has 0 aromatic heterocycles. The minimum Gasteiger partial charge on any atom is -0.281 e. The molecule has 2 atom stereocenters. The van der Waals surface area contributed by atoms with E-state index in [2.05, 4.69) is 0 Å². The van der Waals surface area contributed by atoms with Crippen molar-refractivity contribution in [2.45, 2.75) is 47.0 Å². The van der Waals surface area contributed by atoms with Gasteiger partial charge in [-0.05, 0) is 0 Å². The Balaban J connectivity index is 7.74. The molecule has 0 aliphatic heterocycles. The third-order valence-corrected chi connectivity index (χ3v) is 4.09. The minimum atomic E-state index is -9.28. The number of hydrogen-bond donors (Lipinski definition) is 1. The zero-order valence-electron chi connectivity index (χ0n) is 12.1. The van der Waals surface area contributed by atoms with Crippen LogP contribution in [0.4, 0.5) is 74.6 Å². The lowest BCUT2D eigenvalue weighted by Gasteiger charge is -2.46. The van der Waals surface area contributed by atoms with Gasteiger partial charge in [0.1, 0.15) is 0 Å². The zero-order chi connectivity index (χ0) is 24.5. The van der Waals surface area contributed by atoms with Gasteiger partial charge in [-0.2, -0.15) is 74.3 Å². The van der Waals surface area contributed by atoms with E-state index in [0.29, 0.717) is 0 Å². The monoisotopic (exact) mass is 500 g/mol. The summed E-state index contributed by atoms with van der Waals surface area (Å²) in [5.41, 5.74) is -18.2. The quantitative estimate of drug-likeness (QED) is 0.435. The highest BCUT2D eigenvalue weighted by Crippen LogP contribution is 2.67. The summed E-state index contributed by atoms with van der Waals surface area (Å²) in [4.78, 5) is 0. The highest BCUT2D eigenvalue weighted by atomic mass is 32.2. The van der Waals surface area contributed by atoms with Crippen LogP contribution in [0.2, 0.25) is 0 Å². The fourth-order valence-corrected chi connectivity index (χ4v) is 2.29. The average Bonchev–Trinajstić information content (AvgIpc) is 2.39. The van der Waals surface area contributed by atoms with Crippen LogP contribution in [0.1, 0.15) is 0 Å². The van der Waals surface area contributed by atoms with Crippen LogP contribution in [-0.2, 0) is 10.1 Å². The lowest BCUT2D eigenvalue weighted by Crippen LogP contribution is -2.81. The standard InChI is InChI=1S/C8HF17O3S/c9-1(5(15,16)17,4(13,14)7(21,22)23)3(11,12)2(10,6(18,19)20)8(24,25)29(26,27)28/h(H,26,27,28). The Kier molecular flexibility index (Phi) is 6.08. The first kappa shape index (κ1) is 27.7. The Labute approximate surface area is 146 Å². The molecule has 0 aliphatic rings. The number of alkyl halides is 17. The molecule has 3 nitrogen and oxygen atoms in total. The smallest absolute Gasteiger partial charge is 0.281 e. The average molecular weight is 500 g/mol. The summed E-state index contributed by atoms with van der Waals surface area (Å²) in [6.07, 6.45) is -25.3. The lowest BCUT2D eigenvalue weighted by atomic mass is 9.79. The molecule has 0 saturated carbocycles. The molecule has 0 bridgehead atoms. The highest BCUT2D eigenvalue weighted by molar-refractivity contribution is 7.87. The largest absolute Gasteiger partial charge is 0.457 e. The van der Waals surface area contributed by atoms with Crippen LogP contribution in [0.5, 0.6) is 0 Å². The third kappa shape index (κ3) is 3.26. The normalized spacial score (nSPS) is 20.2. The topological polar surface area (TPSA) is 54.4 Å². The maximum absolute atomic E-state index is 13.7. The number of hydrogen-bond acceptors (Lipinski definition) is 2. The second kappa shape index (κ2) is 6.36. The SMILES string of the molecule is O=S(=O)(O)C(F)(F)C(F)(C(F)(F)F)C(F)(F)C(F)(C(F)(F)F)C(F)(F)C(F)(F)F. The third-order valence-electron chi connectivity index (χ3n) is 3.16. The lowest BCUT2D eigenvalue weighted by molar-refractivity contribution is -0.462. The van der Waals surface area contributed by atoms with E-state index in [9.17, 15) is 83.1 Å². The van der Waals surface area contributed by atoms with Crippen LogP contribution in [0, 0.1) is 0 Å². The van der Waals surface area contributed by atoms with Gasteiger partial charge in [0.15, 0.2) is 0 Å². The number of rotatable bonds is 5. The van der Waals surface area contributed by atoms with E-state index < -0.39 is 57.1 Å². The molecule has 2 unspecified atom stereocenters. The predicted octanol–water partition coefficient (Wildman–Crippen LogP) is 4.84. The maximum Gasteiger partial charge on any atom is 0.457 e. The van der Waals surface area contributed by atoms with Crippen molar-refractivity contribution in [3.63, 3.8) is 0 Å². The van der Waals surface area contributed by atoms with Gasteiger partial charge in [0.05, 0.1) is 0 Å². The molecule has 0 heterocycles. The Morgan fingerprint density at radius 2 is 0.724 bits per heavy atom. The second-order valence-corrected chi connectivity index (χ2v) is 6.41. The second-order valence-electron chi connectivity index (χ2n) is 4.95. The van der Waals surface area contributed by atoms with Gasteiger partial charge >= 0.3 is 57.1 Å². The highest BCUT2D eigenvalue weighted by Gasteiger charge is 3.01. The van der Waals surface area contributed by atoms with Gasteiger partial charge in [-0.3, -0.25) is 4.55 Å². The Bertz CT molecular complexity index is 729. The molecule has 0 aliphatic carbocycles. The van der Waals surface area contributed by atoms with Crippen LogP contribution in [-0.4, -0.2) is 59.9 Å². The fraction of sp³-hybridized carbons (Fsp3) is 1.00. The Hall–Kier alpha value is -1.28. The molecule has 0 saturated heterocycles. The molecule has 1 N–H and O–H groups in total. The van der Waals surface area contributed by atoms with Crippen LogP contribution in [0.25, 0.3) is 0 Å². The molecular formula is C8HF17O3S. The van der Waals surface area contributed by atoms with Crippen LogP contribution >= 0.6 is 0 Å².